The summed E-state index contributed by atoms with van der Waals surface area (Å²) in [5, 5.41) is 34.9. The molecule has 5 atom stereocenters. The summed E-state index contributed by atoms with van der Waals surface area (Å²) in [5.74, 6) is -6.01. The minimum absolute atomic E-state index is 0.00219. The van der Waals surface area contributed by atoms with Crippen molar-refractivity contribution in [1.29, 1.82) is 0 Å². The van der Waals surface area contributed by atoms with Gasteiger partial charge in [-0.2, -0.15) is 0 Å². The number of guanidine groups is 1. The average molecular weight is 490 g/mol. The van der Waals surface area contributed by atoms with Crippen molar-refractivity contribution in [3.63, 3.8) is 0 Å². The Balaban J connectivity index is 5.55. The Morgan fingerprint density at radius 3 is 1.88 bits per heavy atom. The lowest BCUT2D eigenvalue weighted by Crippen LogP contribution is -2.60. The molecule has 5 unspecified atom stereocenters. The fourth-order valence-corrected chi connectivity index (χ4v) is 2.75. The zero-order chi connectivity index (χ0) is 26.6. The normalized spacial score (nSPS) is 15.2. The van der Waals surface area contributed by atoms with Crippen molar-refractivity contribution in [3.8, 4) is 0 Å². The lowest BCUT2D eigenvalue weighted by molar-refractivity contribution is -0.143. The van der Waals surface area contributed by atoms with Gasteiger partial charge in [0.2, 0.25) is 17.7 Å². The van der Waals surface area contributed by atoms with Crippen molar-refractivity contribution < 1.29 is 39.3 Å². The van der Waals surface area contributed by atoms with Gasteiger partial charge in [0.05, 0.1) is 18.6 Å². The number of hydrogen-bond acceptors (Lipinski definition) is 8. The van der Waals surface area contributed by atoms with Crippen LogP contribution in [0.4, 0.5) is 0 Å². The molecule has 3 amide bonds. The number of nitrogens with two attached hydrogens (primary N) is 3. The Morgan fingerprint density at radius 1 is 0.882 bits per heavy atom. The fraction of sp³-hybridized carbons (Fsp3) is 0.684. The van der Waals surface area contributed by atoms with Gasteiger partial charge in [-0.05, 0) is 25.7 Å². The first-order chi connectivity index (χ1) is 15.7. The van der Waals surface area contributed by atoms with Gasteiger partial charge in [0.25, 0.3) is 0 Å². The van der Waals surface area contributed by atoms with Crippen LogP contribution in [0.5, 0.6) is 0 Å². The SMILES string of the molecule is CC(C)C(NC(=O)C(CCCN=C(N)N)NC(=O)C(NC(=O)C(N)CC(=O)O)C(C)O)C(=O)O. The molecule has 15 nitrogen and oxygen atoms in total. The number of nitrogens with one attached hydrogen (secondary N) is 3. The molecule has 12 N–H and O–H groups in total. The van der Waals surface area contributed by atoms with E-state index in [-0.39, 0.29) is 25.3 Å². The topological polar surface area (TPSA) is 273 Å². The van der Waals surface area contributed by atoms with E-state index in [1.165, 1.54) is 6.92 Å². The molecule has 0 bridgehead atoms. The number of carbonyl (C=O) groups is 5. The van der Waals surface area contributed by atoms with E-state index < -0.39 is 72.3 Å². The molecule has 0 heterocycles. The third-order valence-corrected chi connectivity index (χ3v) is 4.60. The maximum atomic E-state index is 12.8. The minimum Gasteiger partial charge on any atom is -0.481 e. The van der Waals surface area contributed by atoms with Gasteiger partial charge in [0.1, 0.15) is 18.1 Å². The van der Waals surface area contributed by atoms with E-state index in [1.807, 2.05) is 0 Å². The smallest absolute Gasteiger partial charge is 0.326 e. The maximum absolute atomic E-state index is 12.8. The molecule has 0 aliphatic heterocycles. The fourth-order valence-electron chi connectivity index (χ4n) is 2.75. The Morgan fingerprint density at radius 2 is 1.44 bits per heavy atom. The second-order valence-electron chi connectivity index (χ2n) is 8.01. The van der Waals surface area contributed by atoms with Crippen molar-refractivity contribution in [1.82, 2.24) is 16.0 Å². The number of aliphatic imine (C=N–C) groups is 1. The van der Waals surface area contributed by atoms with Crippen LogP contribution in [0.3, 0.4) is 0 Å². The largest absolute Gasteiger partial charge is 0.481 e. The van der Waals surface area contributed by atoms with Gasteiger partial charge in [0.15, 0.2) is 5.96 Å². The minimum atomic E-state index is -1.57. The summed E-state index contributed by atoms with van der Waals surface area (Å²) in [6, 6.07) is -5.53. The second kappa shape index (κ2) is 14.6. The molecular weight excluding hydrogens is 454 g/mol. The molecule has 0 aromatic heterocycles. The van der Waals surface area contributed by atoms with Gasteiger partial charge in [-0.15, -0.1) is 0 Å². The van der Waals surface area contributed by atoms with Crippen molar-refractivity contribution in [3.05, 3.63) is 0 Å². The molecule has 0 radical (unpaired) electrons. The predicted octanol–water partition coefficient (Wildman–Crippen LogP) is -3.58. The molecule has 15 heteroatoms. The summed E-state index contributed by atoms with van der Waals surface area (Å²) in [4.78, 5) is 63.6. The van der Waals surface area contributed by atoms with E-state index in [2.05, 4.69) is 20.9 Å². The number of aliphatic hydroxyl groups excluding tert-OH is 1. The van der Waals surface area contributed by atoms with Crippen molar-refractivity contribution in [2.24, 2.45) is 28.1 Å². The van der Waals surface area contributed by atoms with E-state index in [9.17, 15) is 34.2 Å². The van der Waals surface area contributed by atoms with Crippen molar-refractivity contribution >= 4 is 35.6 Å². The quantitative estimate of drug-likeness (QED) is 0.0616. The van der Waals surface area contributed by atoms with Crippen LogP contribution >= 0.6 is 0 Å². The van der Waals surface area contributed by atoms with Gasteiger partial charge < -0.3 is 48.5 Å². The molecule has 0 spiro atoms. The van der Waals surface area contributed by atoms with Gasteiger partial charge >= 0.3 is 11.9 Å². The van der Waals surface area contributed by atoms with Crippen LogP contribution in [0.25, 0.3) is 0 Å². The summed E-state index contributed by atoms with van der Waals surface area (Å²) in [6.07, 6.45) is -1.92. The summed E-state index contributed by atoms with van der Waals surface area (Å²) in [5.41, 5.74) is 16.0. The number of carboxylic acids is 2. The molecule has 0 aromatic carbocycles. The van der Waals surface area contributed by atoms with Crippen LogP contribution in [0.2, 0.25) is 0 Å². The zero-order valence-corrected chi connectivity index (χ0v) is 19.4. The van der Waals surface area contributed by atoms with Crippen LogP contribution in [0, 0.1) is 5.92 Å². The molecule has 0 aliphatic carbocycles. The highest BCUT2D eigenvalue weighted by atomic mass is 16.4. The zero-order valence-electron chi connectivity index (χ0n) is 19.4. The summed E-state index contributed by atoms with van der Waals surface area (Å²) >= 11 is 0. The van der Waals surface area contributed by atoms with Crippen LogP contribution in [-0.4, -0.2) is 87.8 Å². The molecular formula is C19H35N7O8. The van der Waals surface area contributed by atoms with E-state index >= 15 is 0 Å². The molecule has 0 saturated carbocycles. The van der Waals surface area contributed by atoms with Crippen molar-refractivity contribution in [2.45, 2.75) is 70.3 Å². The first-order valence-electron chi connectivity index (χ1n) is 10.5. The Bertz CT molecular complexity index is 768. The third kappa shape index (κ3) is 11.4. The first-order valence-corrected chi connectivity index (χ1v) is 10.5. The van der Waals surface area contributed by atoms with Crippen LogP contribution < -0.4 is 33.2 Å². The van der Waals surface area contributed by atoms with Gasteiger partial charge in [-0.3, -0.25) is 24.2 Å². The number of nitrogens with zero attached hydrogens (tertiary/aromatic N) is 1. The Labute approximate surface area is 196 Å². The second-order valence-corrected chi connectivity index (χ2v) is 8.01. The van der Waals surface area contributed by atoms with Crippen molar-refractivity contribution in [2.75, 3.05) is 6.54 Å². The van der Waals surface area contributed by atoms with Crippen LogP contribution in [0.1, 0.15) is 40.0 Å². The highest BCUT2D eigenvalue weighted by Gasteiger charge is 2.33. The van der Waals surface area contributed by atoms with Gasteiger partial charge in [-0.25, -0.2) is 4.79 Å². The third-order valence-electron chi connectivity index (χ3n) is 4.60. The Hall–Kier alpha value is -3.46. The van der Waals surface area contributed by atoms with E-state index in [4.69, 9.17) is 22.3 Å². The first kappa shape index (κ1) is 30.5. The number of amides is 3. The molecule has 0 rings (SSSR count). The average Bonchev–Trinajstić information content (AvgIpc) is 2.70. The van der Waals surface area contributed by atoms with E-state index in [0.717, 1.165) is 0 Å². The highest BCUT2D eigenvalue weighted by molar-refractivity contribution is 5.95. The summed E-state index contributed by atoms with van der Waals surface area (Å²) < 4.78 is 0. The lowest BCUT2D eigenvalue weighted by atomic mass is 10.0. The predicted molar refractivity (Wildman–Crippen MR) is 120 cm³/mol. The molecule has 194 valence electrons. The number of aliphatic carboxylic acids is 2. The monoisotopic (exact) mass is 489 g/mol. The molecule has 0 fully saturated rings. The molecule has 34 heavy (non-hydrogen) atoms. The number of aliphatic hydroxyl groups is 1. The van der Waals surface area contributed by atoms with E-state index in [0.29, 0.717) is 0 Å². The summed E-state index contributed by atoms with van der Waals surface area (Å²) in [6.45, 7) is 4.49. The Kier molecular flexibility index (Phi) is 13.2. The molecule has 0 aliphatic rings. The van der Waals surface area contributed by atoms with Crippen LogP contribution in [-0.2, 0) is 24.0 Å². The molecule has 0 aromatic rings. The summed E-state index contributed by atoms with van der Waals surface area (Å²) in [7, 11) is 0. The van der Waals surface area contributed by atoms with Gasteiger partial charge in [-0.1, -0.05) is 13.8 Å². The maximum Gasteiger partial charge on any atom is 0.326 e. The number of carbonyl (C=O) groups excluding carboxylic acids is 3. The van der Waals surface area contributed by atoms with Gasteiger partial charge in [0, 0.05) is 6.54 Å². The number of rotatable bonds is 15. The number of carboxylic acid groups (broad SMARTS) is 2. The number of hydrogen-bond donors (Lipinski definition) is 9. The van der Waals surface area contributed by atoms with E-state index in [1.54, 1.807) is 13.8 Å². The standard InChI is InChI=1S/C19H35N7O8/c1-8(2)13(18(33)34)25-16(31)11(5-4-6-23-19(21)22)24-17(32)14(9(3)27)26-15(30)10(20)7-12(28)29/h8-11,13-14,27H,4-7,20H2,1-3H3,(H,24,32)(H,25,31)(H,26,30)(H,28,29)(H,33,34)(H4,21,22,23). The molecule has 0 saturated heterocycles. The van der Waals surface area contributed by atoms with Crippen LogP contribution in [0.15, 0.2) is 4.99 Å². The lowest BCUT2D eigenvalue weighted by Gasteiger charge is -2.27. The highest BCUT2D eigenvalue weighted by Crippen LogP contribution is 2.06.